The Kier molecular flexibility index (Phi) is 2.67. The van der Waals surface area contributed by atoms with Gasteiger partial charge in [0, 0.05) is 6.07 Å². The molecule has 0 saturated heterocycles. The molecule has 0 saturated carbocycles. The van der Waals surface area contributed by atoms with E-state index in [1.54, 1.807) is 24.3 Å². The van der Waals surface area contributed by atoms with Crippen molar-refractivity contribution in [1.29, 1.82) is 0 Å². The number of anilines is 2. The normalized spacial score (nSPS) is 20.6. The predicted molar refractivity (Wildman–Crippen MR) is 69.2 cm³/mol. The molecular weight excluding hydrogens is 262 g/mol. The minimum atomic E-state index is -1.67. The first-order valence-corrected chi connectivity index (χ1v) is 5.91. The maximum absolute atomic E-state index is 12.2. The molecule has 20 heavy (non-hydrogen) atoms. The van der Waals surface area contributed by atoms with E-state index in [1.165, 1.54) is 19.3 Å². The number of hydrogen-bond donors (Lipinski definition) is 2. The molecule has 0 spiro atoms. The van der Waals surface area contributed by atoms with Crippen LogP contribution in [0.5, 0.6) is 5.75 Å². The second-order valence-corrected chi connectivity index (χ2v) is 4.42. The van der Waals surface area contributed by atoms with E-state index in [4.69, 9.17) is 4.74 Å². The van der Waals surface area contributed by atoms with Gasteiger partial charge in [0.2, 0.25) is 0 Å². The molecule has 2 amide bonds. The lowest BCUT2D eigenvalue weighted by Crippen LogP contribution is -2.56. The van der Waals surface area contributed by atoms with Gasteiger partial charge in [0.15, 0.2) is 5.82 Å². The van der Waals surface area contributed by atoms with E-state index in [1.807, 2.05) is 0 Å². The standard InChI is InChI=1S/C13H11N3O4/c1-13(12(18)15-10-6-7-19-16-10)11(17)14-8-4-2-3-5-9(8)20-13/h2-7H,1H3,(H,14,17)(H,15,16,18)/t13-/m0/s1. The number of nitrogens with one attached hydrogen (secondary N) is 2. The van der Waals surface area contributed by atoms with Crippen LogP contribution >= 0.6 is 0 Å². The molecule has 2 aromatic rings. The number of benzene rings is 1. The van der Waals surface area contributed by atoms with Gasteiger partial charge in [-0.1, -0.05) is 17.3 Å². The fourth-order valence-corrected chi connectivity index (χ4v) is 1.83. The van der Waals surface area contributed by atoms with Crippen molar-refractivity contribution in [3.05, 3.63) is 36.6 Å². The maximum Gasteiger partial charge on any atom is 0.279 e. The topological polar surface area (TPSA) is 93.5 Å². The summed E-state index contributed by atoms with van der Waals surface area (Å²) in [5, 5.41) is 8.66. The molecule has 102 valence electrons. The third kappa shape index (κ3) is 1.89. The van der Waals surface area contributed by atoms with Gasteiger partial charge >= 0.3 is 0 Å². The SMILES string of the molecule is C[C@]1(C(=O)Nc2ccon2)Oc2ccccc2NC1=O. The number of carbonyl (C=O) groups excluding carboxylic acids is 2. The Labute approximate surface area is 113 Å². The molecule has 1 aliphatic rings. The van der Waals surface area contributed by atoms with Gasteiger partial charge in [-0.3, -0.25) is 9.59 Å². The minimum absolute atomic E-state index is 0.214. The molecule has 1 atom stereocenters. The van der Waals surface area contributed by atoms with E-state index in [-0.39, 0.29) is 5.82 Å². The highest BCUT2D eigenvalue weighted by molar-refractivity contribution is 6.18. The van der Waals surface area contributed by atoms with Gasteiger partial charge in [0.25, 0.3) is 17.4 Å². The molecular formula is C13H11N3O4. The van der Waals surface area contributed by atoms with Crippen LogP contribution in [-0.2, 0) is 9.59 Å². The number of rotatable bonds is 2. The molecule has 3 rings (SSSR count). The number of hydrogen-bond acceptors (Lipinski definition) is 5. The number of aromatic nitrogens is 1. The first-order chi connectivity index (χ1) is 9.59. The predicted octanol–water partition coefficient (Wildman–Crippen LogP) is 1.40. The Balaban J connectivity index is 1.88. The second kappa shape index (κ2) is 4.37. The fraction of sp³-hybridized carbons (Fsp3) is 0.154. The molecule has 1 aromatic carbocycles. The number of ether oxygens (including phenoxy) is 1. The Morgan fingerprint density at radius 3 is 2.90 bits per heavy atom. The van der Waals surface area contributed by atoms with E-state index < -0.39 is 17.4 Å². The lowest BCUT2D eigenvalue weighted by Gasteiger charge is -2.32. The van der Waals surface area contributed by atoms with Crippen molar-refractivity contribution in [3.8, 4) is 5.75 Å². The van der Waals surface area contributed by atoms with Crippen LogP contribution in [0.1, 0.15) is 6.92 Å². The first-order valence-electron chi connectivity index (χ1n) is 5.91. The highest BCUT2D eigenvalue weighted by Gasteiger charge is 2.47. The number of nitrogens with zero attached hydrogens (tertiary/aromatic N) is 1. The van der Waals surface area contributed by atoms with Crippen LogP contribution in [-0.4, -0.2) is 22.6 Å². The van der Waals surface area contributed by atoms with Gasteiger partial charge in [0.05, 0.1) is 5.69 Å². The van der Waals surface area contributed by atoms with E-state index in [0.717, 1.165) is 0 Å². The molecule has 7 nitrogen and oxygen atoms in total. The van der Waals surface area contributed by atoms with Gasteiger partial charge in [-0.15, -0.1) is 0 Å². The third-order valence-electron chi connectivity index (χ3n) is 3.00. The molecule has 0 radical (unpaired) electrons. The lowest BCUT2D eigenvalue weighted by molar-refractivity contribution is -0.143. The summed E-state index contributed by atoms with van der Waals surface area (Å²) < 4.78 is 10.2. The van der Waals surface area contributed by atoms with E-state index in [9.17, 15) is 9.59 Å². The molecule has 0 bridgehead atoms. The monoisotopic (exact) mass is 273 g/mol. The minimum Gasteiger partial charge on any atom is -0.466 e. The third-order valence-corrected chi connectivity index (χ3v) is 3.00. The Morgan fingerprint density at radius 1 is 1.35 bits per heavy atom. The highest BCUT2D eigenvalue weighted by Crippen LogP contribution is 2.33. The van der Waals surface area contributed by atoms with Crippen molar-refractivity contribution in [1.82, 2.24) is 5.16 Å². The summed E-state index contributed by atoms with van der Waals surface area (Å²) in [7, 11) is 0. The average Bonchev–Trinajstić information content (AvgIpc) is 2.93. The smallest absolute Gasteiger partial charge is 0.279 e. The summed E-state index contributed by atoms with van der Waals surface area (Å²) >= 11 is 0. The van der Waals surface area contributed by atoms with Crippen molar-refractivity contribution in [2.45, 2.75) is 12.5 Å². The van der Waals surface area contributed by atoms with Crippen LogP contribution in [0.2, 0.25) is 0 Å². The van der Waals surface area contributed by atoms with Crippen molar-refractivity contribution < 1.29 is 18.8 Å². The molecule has 1 aromatic heterocycles. The van der Waals surface area contributed by atoms with Gasteiger partial charge in [-0.25, -0.2) is 0 Å². The Hall–Kier alpha value is -2.83. The average molecular weight is 273 g/mol. The quantitative estimate of drug-likeness (QED) is 0.807. The van der Waals surface area contributed by atoms with E-state index in [0.29, 0.717) is 11.4 Å². The van der Waals surface area contributed by atoms with Gasteiger partial charge in [-0.05, 0) is 19.1 Å². The van der Waals surface area contributed by atoms with Crippen molar-refractivity contribution in [3.63, 3.8) is 0 Å². The summed E-state index contributed by atoms with van der Waals surface area (Å²) in [6.07, 6.45) is 1.31. The van der Waals surface area contributed by atoms with Crippen LogP contribution < -0.4 is 15.4 Å². The van der Waals surface area contributed by atoms with Crippen LogP contribution in [0, 0.1) is 0 Å². The Morgan fingerprint density at radius 2 is 2.15 bits per heavy atom. The first kappa shape index (κ1) is 12.2. The molecule has 2 heterocycles. The van der Waals surface area contributed by atoms with Crippen LogP contribution in [0.25, 0.3) is 0 Å². The molecule has 0 aliphatic carbocycles. The lowest BCUT2D eigenvalue weighted by atomic mass is 10.0. The van der Waals surface area contributed by atoms with Crippen LogP contribution in [0.3, 0.4) is 0 Å². The summed E-state index contributed by atoms with van der Waals surface area (Å²) in [4.78, 5) is 24.3. The molecule has 0 unspecified atom stereocenters. The van der Waals surface area contributed by atoms with E-state index in [2.05, 4.69) is 20.3 Å². The molecule has 1 aliphatic heterocycles. The van der Waals surface area contributed by atoms with Crippen molar-refractivity contribution in [2.75, 3.05) is 10.6 Å². The fourth-order valence-electron chi connectivity index (χ4n) is 1.83. The largest absolute Gasteiger partial charge is 0.466 e. The number of carbonyl (C=O) groups is 2. The summed E-state index contributed by atoms with van der Waals surface area (Å²) in [5.41, 5.74) is -1.14. The van der Waals surface area contributed by atoms with Crippen LogP contribution in [0.4, 0.5) is 11.5 Å². The molecule has 0 fully saturated rings. The number of para-hydroxylation sites is 2. The number of fused-ring (bicyclic) bond motifs is 1. The molecule has 7 heteroatoms. The van der Waals surface area contributed by atoms with E-state index >= 15 is 0 Å². The zero-order chi connectivity index (χ0) is 14.2. The second-order valence-electron chi connectivity index (χ2n) is 4.42. The van der Waals surface area contributed by atoms with Crippen molar-refractivity contribution >= 4 is 23.3 Å². The zero-order valence-electron chi connectivity index (χ0n) is 10.5. The summed E-state index contributed by atoms with van der Waals surface area (Å²) in [6, 6.07) is 8.36. The summed E-state index contributed by atoms with van der Waals surface area (Å²) in [6.45, 7) is 1.40. The van der Waals surface area contributed by atoms with Gasteiger partial charge < -0.3 is 19.9 Å². The number of amides is 2. The highest BCUT2D eigenvalue weighted by atomic mass is 16.5. The van der Waals surface area contributed by atoms with Crippen LogP contribution in [0.15, 0.2) is 41.1 Å². The maximum atomic E-state index is 12.2. The molecule has 2 N–H and O–H groups in total. The van der Waals surface area contributed by atoms with Crippen molar-refractivity contribution in [2.24, 2.45) is 0 Å². The summed E-state index contributed by atoms with van der Waals surface area (Å²) in [5.74, 6) is -0.521. The Bertz CT molecular complexity index is 668. The van der Waals surface area contributed by atoms with Gasteiger partial charge in [0.1, 0.15) is 12.0 Å². The van der Waals surface area contributed by atoms with Gasteiger partial charge in [-0.2, -0.15) is 0 Å². The zero-order valence-corrected chi connectivity index (χ0v) is 10.5.